The van der Waals surface area contributed by atoms with Crippen LogP contribution in [-0.2, 0) is 12.6 Å². The SMILES string of the molecule is CCc1nc(C(F)(F)F)nc2c1ncn2-c1ccnc(C)c1. The number of aryl methyl sites for hydroxylation is 2. The first-order valence-corrected chi connectivity index (χ1v) is 6.64. The zero-order valence-electron chi connectivity index (χ0n) is 11.9. The van der Waals surface area contributed by atoms with E-state index in [9.17, 15) is 13.2 Å². The molecule has 0 saturated heterocycles. The van der Waals surface area contributed by atoms with Crippen molar-refractivity contribution >= 4 is 11.2 Å². The zero-order chi connectivity index (χ0) is 15.9. The standard InChI is InChI=1S/C14H12F3N5/c1-3-10-11-12(21-13(20-10)14(15,16)17)22(7-19-11)9-4-5-18-8(2)6-9/h4-7H,3H2,1-2H3. The Morgan fingerprint density at radius 3 is 2.59 bits per heavy atom. The van der Waals surface area contributed by atoms with Crippen molar-refractivity contribution in [3.05, 3.63) is 41.9 Å². The van der Waals surface area contributed by atoms with E-state index in [1.165, 1.54) is 10.9 Å². The van der Waals surface area contributed by atoms with Crippen molar-refractivity contribution in [2.24, 2.45) is 0 Å². The summed E-state index contributed by atoms with van der Waals surface area (Å²) in [5.41, 5.74) is 2.21. The average Bonchev–Trinajstić information content (AvgIpc) is 2.89. The minimum Gasteiger partial charge on any atom is -0.283 e. The van der Waals surface area contributed by atoms with E-state index in [1.54, 1.807) is 32.2 Å². The van der Waals surface area contributed by atoms with Gasteiger partial charge in [-0.2, -0.15) is 13.2 Å². The van der Waals surface area contributed by atoms with Crippen LogP contribution in [0.15, 0.2) is 24.7 Å². The highest BCUT2D eigenvalue weighted by Crippen LogP contribution is 2.29. The van der Waals surface area contributed by atoms with Crippen LogP contribution < -0.4 is 0 Å². The van der Waals surface area contributed by atoms with E-state index in [0.717, 1.165) is 5.69 Å². The summed E-state index contributed by atoms with van der Waals surface area (Å²) in [5.74, 6) is -1.15. The molecule has 0 bridgehead atoms. The molecule has 0 N–H and O–H groups in total. The largest absolute Gasteiger partial charge is 0.451 e. The summed E-state index contributed by atoms with van der Waals surface area (Å²) in [5, 5.41) is 0. The van der Waals surface area contributed by atoms with Crippen molar-refractivity contribution in [3.63, 3.8) is 0 Å². The van der Waals surface area contributed by atoms with Crippen molar-refractivity contribution in [2.75, 3.05) is 0 Å². The summed E-state index contributed by atoms with van der Waals surface area (Å²) >= 11 is 0. The number of hydrogen-bond acceptors (Lipinski definition) is 4. The fraction of sp³-hybridized carbons (Fsp3) is 0.286. The van der Waals surface area contributed by atoms with Gasteiger partial charge in [0.1, 0.15) is 11.8 Å². The van der Waals surface area contributed by atoms with E-state index in [1.807, 2.05) is 0 Å². The second kappa shape index (κ2) is 5.04. The predicted octanol–water partition coefficient (Wildman–Crippen LogP) is 3.10. The fourth-order valence-corrected chi connectivity index (χ4v) is 2.20. The molecule has 0 aliphatic rings. The van der Waals surface area contributed by atoms with E-state index in [0.29, 0.717) is 17.6 Å². The lowest BCUT2D eigenvalue weighted by Crippen LogP contribution is -2.13. The van der Waals surface area contributed by atoms with Crippen LogP contribution in [0.5, 0.6) is 0 Å². The van der Waals surface area contributed by atoms with Gasteiger partial charge in [-0.25, -0.2) is 15.0 Å². The van der Waals surface area contributed by atoms with Gasteiger partial charge in [-0.05, 0) is 25.5 Å². The van der Waals surface area contributed by atoms with E-state index in [2.05, 4.69) is 19.9 Å². The highest BCUT2D eigenvalue weighted by Gasteiger charge is 2.36. The van der Waals surface area contributed by atoms with Gasteiger partial charge in [-0.1, -0.05) is 6.92 Å². The monoisotopic (exact) mass is 307 g/mol. The molecule has 3 rings (SSSR count). The average molecular weight is 307 g/mol. The highest BCUT2D eigenvalue weighted by atomic mass is 19.4. The predicted molar refractivity (Wildman–Crippen MR) is 73.6 cm³/mol. The number of halogens is 3. The molecule has 5 nitrogen and oxygen atoms in total. The summed E-state index contributed by atoms with van der Waals surface area (Å²) in [6.07, 6.45) is -1.22. The molecule has 0 aliphatic carbocycles. The van der Waals surface area contributed by atoms with E-state index >= 15 is 0 Å². The lowest BCUT2D eigenvalue weighted by Gasteiger charge is -2.09. The molecule has 0 radical (unpaired) electrons. The number of rotatable bonds is 2. The molecule has 0 aliphatic heterocycles. The van der Waals surface area contributed by atoms with E-state index in [4.69, 9.17) is 0 Å². The summed E-state index contributed by atoms with van der Waals surface area (Å²) in [6.45, 7) is 3.54. The molecule has 0 fully saturated rings. The Morgan fingerprint density at radius 2 is 1.95 bits per heavy atom. The molecule has 22 heavy (non-hydrogen) atoms. The van der Waals surface area contributed by atoms with E-state index < -0.39 is 12.0 Å². The van der Waals surface area contributed by atoms with Gasteiger partial charge in [0.25, 0.3) is 0 Å². The molecule has 0 spiro atoms. The number of imidazole rings is 1. The van der Waals surface area contributed by atoms with Crippen LogP contribution in [0.1, 0.15) is 24.1 Å². The number of pyridine rings is 1. The Balaban J connectivity index is 2.29. The van der Waals surface area contributed by atoms with Crippen LogP contribution in [0, 0.1) is 6.92 Å². The Kier molecular flexibility index (Phi) is 3.31. The fourth-order valence-electron chi connectivity index (χ4n) is 2.20. The third-order valence-electron chi connectivity index (χ3n) is 3.22. The van der Waals surface area contributed by atoms with Gasteiger partial charge in [0.05, 0.1) is 11.4 Å². The summed E-state index contributed by atoms with van der Waals surface area (Å²) in [6, 6.07) is 3.44. The Morgan fingerprint density at radius 1 is 1.18 bits per heavy atom. The number of aromatic nitrogens is 5. The first-order valence-electron chi connectivity index (χ1n) is 6.64. The van der Waals surface area contributed by atoms with Gasteiger partial charge in [0.15, 0.2) is 5.65 Å². The molecule has 3 aromatic heterocycles. The van der Waals surface area contributed by atoms with E-state index in [-0.39, 0.29) is 11.3 Å². The lowest BCUT2D eigenvalue weighted by atomic mass is 10.3. The second-order valence-corrected chi connectivity index (χ2v) is 4.79. The molecule has 114 valence electrons. The van der Waals surface area contributed by atoms with Crippen molar-refractivity contribution in [1.29, 1.82) is 0 Å². The number of fused-ring (bicyclic) bond motifs is 1. The third-order valence-corrected chi connectivity index (χ3v) is 3.22. The Bertz CT molecular complexity index is 838. The first kappa shape index (κ1) is 14.4. The maximum Gasteiger partial charge on any atom is 0.451 e. The first-order chi connectivity index (χ1) is 10.4. The van der Waals surface area contributed by atoms with Crippen LogP contribution in [0.25, 0.3) is 16.9 Å². The molecule has 3 aromatic rings. The molecular formula is C14H12F3N5. The molecule has 0 saturated carbocycles. The summed E-state index contributed by atoms with van der Waals surface area (Å²) < 4.78 is 40.4. The van der Waals surface area contributed by atoms with Crippen LogP contribution in [0.3, 0.4) is 0 Å². The minimum atomic E-state index is -4.60. The van der Waals surface area contributed by atoms with Gasteiger partial charge in [-0.15, -0.1) is 0 Å². The van der Waals surface area contributed by atoms with Crippen LogP contribution in [-0.4, -0.2) is 24.5 Å². The van der Waals surface area contributed by atoms with Crippen LogP contribution >= 0.6 is 0 Å². The van der Waals surface area contributed by atoms with Crippen molar-refractivity contribution in [2.45, 2.75) is 26.4 Å². The quantitative estimate of drug-likeness (QED) is 0.730. The number of alkyl halides is 3. The highest BCUT2D eigenvalue weighted by molar-refractivity contribution is 5.75. The van der Waals surface area contributed by atoms with Crippen molar-refractivity contribution in [1.82, 2.24) is 24.5 Å². The number of hydrogen-bond donors (Lipinski definition) is 0. The van der Waals surface area contributed by atoms with Crippen LogP contribution in [0.2, 0.25) is 0 Å². The Labute approximate surface area is 123 Å². The van der Waals surface area contributed by atoms with Gasteiger partial charge in [0, 0.05) is 11.9 Å². The normalized spacial score (nSPS) is 12.0. The molecular weight excluding hydrogens is 295 g/mol. The van der Waals surface area contributed by atoms with Gasteiger partial charge in [0.2, 0.25) is 5.82 Å². The molecule has 8 heteroatoms. The molecule has 3 heterocycles. The van der Waals surface area contributed by atoms with Crippen molar-refractivity contribution < 1.29 is 13.2 Å². The van der Waals surface area contributed by atoms with Gasteiger partial charge in [-0.3, -0.25) is 9.55 Å². The summed E-state index contributed by atoms with van der Waals surface area (Å²) in [4.78, 5) is 15.5. The number of nitrogens with zero attached hydrogens (tertiary/aromatic N) is 5. The third kappa shape index (κ3) is 2.40. The molecule has 0 aromatic carbocycles. The van der Waals surface area contributed by atoms with Gasteiger partial charge < -0.3 is 0 Å². The topological polar surface area (TPSA) is 56.5 Å². The maximum atomic E-state index is 13.0. The molecule has 0 unspecified atom stereocenters. The second-order valence-electron chi connectivity index (χ2n) is 4.79. The summed E-state index contributed by atoms with van der Waals surface area (Å²) in [7, 11) is 0. The lowest BCUT2D eigenvalue weighted by molar-refractivity contribution is -0.144. The van der Waals surface area contributed by atoms with Crippen LogP contribution in [0.4, 0.5) is 13.2 Å². The maximum absolute atomic E-state index is 13.0. The minimum absolute atomic E-state index is 0.143. The smallest absolute Gasteiger partial charge is 0.283 e. The molecule has 0 atom stereocenters. The van der Waals surface area contributed by atoms with Crippen molar-refractivity contribution in [3.8, 4) is 5.69 Å². The van der Waals surface area contributed by atoms with Gasteiger partial charge >= 0.3 is 6.18 Å². The zero-order valence-corrected chi connectivity index (χ0v) is 11.9. The molecule has 0 amide bonds. The Hall–Kier alpha value is -2.51.